The van der Waals surface area contributed by atoms with Crippen LogP contribution in [0.5, 0.6) is 11.5 Å². The largest absolute Gasteiger partial charge is 0.493 e. The number of hydrogen-bond acceptors (Lipinski definition) is 5. The number of carbonyl (C=O) groups is 1. The second kappa shape index (κ2) is 8.57. The molecular weight excluding hydrogens is 382 g/mol. The molecule has 0 saturated carbocycles. The van der Waals surface area contributed by atoms with Gasteiger partial charge in [-0.05, 0) is 42.7 Å². The average Bonchev–Trinajstić information content (AvgIpc) is 3.27. The van der Waals surface area contributed by atoms with Gasteiger partial charge >= 0.3 is 0 Å². The van der Waals surface area contributed by atoms with Crippen LogP contribution in [0.4, 0.5) is 0 Å². The number of nitrogens with one attached hydrogen (secondary N) is 1. The van der Waals surface area contributed by atoms with E-state index in [2.05, 4.69) is 9.97 Å². The van der Waals surface area contributed by atoms with E-state index in [-0.39, 0.29) is 17.5 Å². The van der Waals surface area contributed by atoms with Gasteiger partial charge in [0.05, 0.1) is 31.2 Å². The van der Waals surface area contributed by atoms with Crippen LogP contribution in [-0.4, -0.2) is 41.5 Å². The van der Waals surface area contributed by atoms with Crippen molar-refractivity contribution < 1.29 is 14.3 Å². The number of benzene rings is 2. The van der Waals surface area contributed by atoms with Gasteiger partial charge in [0, 0.05) is 19.4 Å². The number of methoxy groups -OCH3 is 2. The van der Waals surface area contributed by atoms with Gasteiger partial charge < -0.3 is 19.4 Å². The van der Waals surface area contributed by atoms with E-state index >= 15 is 0 Å². The lowest BCUT2D eigenvalue weighted by molar-refractivity contribution is -0.132. The molecule has 2 heterocycles. The van der Waals surface area contributed by atoms with Crippen molar-refractivity contribution in [3.8, 4) is 11.5 Å². The van der Waals surface area contributed by atoms with Crippen molar-refractivity contribution >= 4 is 16.8 Å². The number of nitrogens with zero attached hydrogens (tertiary/aromatic N) is 2. The Labute approximate surface area is 174 Å². The maximum atomic E-state index is 13.0. The fourth-order valence-electron chi connectivity index (χ4n) is 4.09. The summed E-state index contributed by atoms with van der Waals surface area (Å²) in [6.45, 7) is 0.722. The lowest BCUT2D eigenvalue weighted by Crippen LogP contribution is -2.31. The summed E-state index contributed by atoms with van der Waals surface area (Å²) in [5.74, 6) is 1.92. The van der Waals surface area contributed by atoms with Crippen LogP contribution in [0.1, 0.15) is 36.7 Å². The summed E-state index contributed by atoms with van der Waals surface area (Å²) >= 11 is 0. The number of para-hydroxylation sites is 1. The molecule has 7 nitrogen and oxygen atoms in total. The smallest absolute Gasteiger partial charge is 0.258 e. The van der Waals surface area contributed by atoms with Crippen molar-refractivity contribution in [1.82, 2.24) is 14.9 Å². The van der Waals surface area contributed by atoms with E-state index in [0.29, 0.717) is 41.1 Å². The Hall–Kier alpha value is -3.35. The SMILES string of the molecule is COc1ccc(C2CCCN2C(=O)CCc2nc3ccccc3c(=O)[nH]2)cc1OC. The molecule has 1 amide bonds. The van der Waals surface area contributed by atoms with E-state index in [1.165, 1.54) is 0 Å². The van der Waals surface area contributed by atoms with Gasteiger partial charge in [-0.1, -0.05) is 18.2 Å². The van der Waals surface area contributed by atoms with Gasteiger partial charge in [-0.15, -0.1) is 0 Å². The van der Waals surface area contributed by atoms with E-state index < -0.39 is 0 Å². The Morgan fingerprint density at radius 1 is 1.17 bits per heavy atom. The van der Waals surface area contributed by atoms with Crippen LogP contribution in [0.3, 0.4) is 0 Å². The van der Waals surface area contributed by atoms with E-state index in [0.717, 1.165) is 24.9 Å². The molecule has 0 aliphatic carbocycles. The lowest BCUT2D eigenvalue weighted by atomic mass is 10.0. The number of aryl methyl sites for hydroxylation is 1. The minimum atomic E-state index is -0.174. The molecule has 2 aromatic carbocycles. The topological polar surface area (TPSA) is 84.5 Å². The third-order valence-corrected chi connectivity index (χ3v) is 5.60. The monoisotopic (exact) mass is 407 g/mol. The van der Waals surface area contributed by atoms with Crippen LogP contribution in [0, 0.1) is 0 Å². The van der Waals surface area contributed by atoms with Crippen LogP contribution in [-0.2, 0) is 11.2 Å². The van der Waals surface area contributed by atoms with Gasteiger partial charge in [0.15, 0.2) is 11.5 Å². The van der Waals surface area contributed by atoms with Crippen molar-refractivity contribution in [3.63, 3.8) is 0 Å². The standard InChI is InChI=1S/C23H25N3O4/c1-29-19-10-9-15(14-20(19)30-2)18-8-5-13-26(18)22(27)12-11-21-24-17-7-4-3-6-16(17)23(28)25-21/h3-4,6-7,9-10,14,18H,5,8,11-13H2,1-2H3,(H,24,25,28). The van der Waals surface area contributed by atoms with Gasteiger partial charge in [0.2, 0.25) is 5.91 Å². The fraction of sp³-hybridized carbons (Fsp3) is 0.348. The minimum Gasteiger partial charge on any atom is -0.493 e. The van der Waals surface area contributed by atoms with Crippen LogP contribution in [0.25, 0.3) is 10.9 Å². The number of hydrogen-bond donors (Lipinski definition) is 1. The zero-order valence-corrected chi connectivity index (χ0v) is 17.2. The summed E-state index contributed by atoms with van der Waals surface area (Å²) in [5, 5.41) is 0.556. The number of fused-ring (bicyclic) bond motifs is 1. The van der Waals surface area contributed by atoms with E-state index in [1.54, 1.807) is 20.3 Å². The summed E-state index contributed by atoms with van der Waals surface area (Å²) in [4.78, 5) is 34.4. The van der Waals surface area contributed by atoms with Crippen molar-refractivity contribution in [2.24, 2.45) is 0 Å². The number of likely N-dealkylation sites (tertiary alicyclic amines) is 1. The molecule has 1 aliphatic rings. The number of H-pyrrole nitrogens is 1. The first-order valence-corrected chi connectivity index (χ1v) is 10.1. The molecule has 1 N–H and O–H groups in total. The molecular formula is C23H25N3O4. The molecule has 1 atom stereocenters. The molecule has 156 valence electrons. The number of carbonyl (C=O) groups excluding carboxylic acids is 1. The summed E-state index contributed by atoms with van der Waals surface area (Å²) in [7, 11) is 3.21. The molecule has 3 aromatic rings. The lowest BCUT2D eigenvalue weighted by Gasteiger charge is -2.25. The second-order valence-electron chi connectivity index (χ2n) is 7.39. The molecule has 0 spiro atoms. The minimum absolute atomic E-state index is 0.0147. The predicted molar refractivity (Wildman–Crippen MR) is 114 cm³/mol. The highest BCUT2D eigenvalue weighted by Gasteiger charge is 2.30. The first-order chi connectivity index (χ1) is 14.6. The number of rotatable bonds is 6. The third kappa shape index (κ3) is 3.87. The molecule has 0 radical (unpaired) electrons. The van der Waals surface area contributed by atoms with Gasteiger partial charge in [-0.25, -0.2) is 4.98 Å². The Balaban J connectivity index is 1.49. The van der Waals surface area contributed by atoms with E-state index in [1.807, 2.05) is 41.3 Å². The maximum absolute atomic E-state index is 13.0. The number of amides is 1. The fourth-order valence-corrected chi connectivity index (χ4v) is 4.09. The zero-order chi connectivity index (χ0) is 21.1. The van der Waals surface area contributed by atoms with Gasteiger partial charge in [0.1, 0.15) is 5.82 Å². The first kappa shape index (κ1) is 19.9. The van der Waals surface area contributed by atoms with Crippen molar-refractivity contribution in [3.05, 3.63) is 64.2 Å². The van der Waals surface area contributed by atoms with Crippen molar-refractivity contribution in [2.45, 2.75) is 31.7 Å². The quantitative estimate of drug-likeness (QED) is 0.678. The molecule has 1 saturated heterocycles. The molecule has 4 rings (SSSR count). The highest BCUT2D eigenvalue weighted by atomic mass is 16.5. The number of ether oxygens (including phenoxy) is 2. The molecule has 1 aromatic heterocycles. The average molecular weight is 407 g/mol. The van der Waals surface area contributed by atoms with Crippen molar-refractivity contribution in [2.75, 3.05) is 20.8 Å². The molecule has 30 heavy (non-hydrogen) atoms. The Morgan fingerprint density at radius 3 is 2.77 bits per heavy atom. The summed E-state index contributed by atoms with van der Waals surface area (Å²) in [6, 6.07) is 13.0. The predicted octanol–water partition coefficient (Wildman–Crippen LogP) is 3.24. The molecule has 1 aliphatic heterocycles. The first-order valence-electron chi connectivity index (χ1n) is 10.1. The Morgan fingerprint density at radius 2 is 1.97 bits per heavy atom. The van der Waals surface area contributed by atoms with Crippen LogP contribution < -0.4 is 15.0 Å². The van der Waals surface area contributed by atoms with Crippen LogP contribution in [0.2, 0.25) is 0 Å². The summed E-state index contributed by atoms with van der Waals surface area (Å²) in [6.07, 6.45) is 2.56. The molecule has 7 heteroatoms. The van der Waals surface area contributed by atoms with Crippen LogP contribution in [0.15, 0.2) is 47.3 Å². The van der Waals surface area contributed by atoms with Crippen LogP contribution >= 0.6 is 0 Å². The Bertz CT molecular complexity index is 1120. The maximum Gasteiger partial charge on any atom is 0.258 e. The third-order valence-electron chi connectivity index (χ3n) is 5.60. The molecule has 1 unspecified atom stereocenters. The highest BCUT2D eigenvalue weighted by Crippen LogP contribution is 2.37. The molecule has 0 bridgehead atoms. The van der Waals surface area contributed by atoms with Gasteiger partial charge in [-0.3, -0.25) is 9.59 Å². The highest BCUT2D eigenvalue weighted by molar-refractivity contribution is 5.78. The zero-order valence-electron chi connectivity index (χ0n) is 17.2. The second-order valence-corrected chi connectivity index (χ2v) is 7.39. The number of aromatic nitrogens is 2. The number of aromatic amines is 1. The van der Waals surface area contributed by atoms with Crippen molar-refractivity contribution in [1.29, 1.82) is 0 Å². The van der Waals surface area contributed by atoms with E-state index in [9.17, 15) is 9.59 Å². The summed E-state index contributed by atoms with van der Waals surface area (Å²) < 4.78 is 10.7. The molecule has 1 fully saturated rings. The normalized spacial score (nSPS) is 16.1. The van der Waals surface area contributed by atoms with Gasteiger partial charge in [0.25, 0.3) is 5.56 Å². The van der Waals surface area contributed by atoms with E-state index in [4.69, 9.17) is 9.47 Å². The Kier molecular flexibility index (Phi) is 5.70. The van der Waals surface area contributed by atoms with Gasteiger partial charge in [-0.2, -0.15) is 0 Å². The summed E-state index contributed by atoms with van der Waals surface area (Å²) in [5.41, 5.74) is 1.51.